The van der Waals surface area contributed by atoms with E-state index in [2.05, 4.69) is 20.6 Å². The first-order chi connectivity index (χ1) is 12.0. The summed E-state index contributed by atoms with van der Waals surface area (Å²) >= 11 is 2.65. The average Bonchev–Trinajstić information content (AvgIpc) is 3.23. The minimum atomic E-state index is -4.42. The van der Waals surface area contributed by atoms with E-state index in [1.165, 1.54) is 0 Å². The van der Waals surface area contributed by atoms with Gasteiger partial charge in [0.1, 0.15) is 10.8 Å². The Morgan fingerprint density at radius 2 is 2.16 bits per heavy atom. The minimum absolute atomic E-state index is 0.0934. The van der Waals surface area contributed by atoms with Crippen LogP contribution in [0.3, 0.4) is 0 Å². The SMILES string of the molecule is CSCCNC(=NCc1nc(C(F)(F)F)cs1)NCCc1ccco1. The summed E-state index contributed by atoms with van der Waals surface area (Å²) in [7, 11) is 0. The zero-order chi connectivity index (χ0) is 18.1. The van der Waals surface area contributed by atoms with Crippen LogP contribution < -0.4 is 10.6 Å². The van der Waals surface area contributed by atoms with Crippen molar-refractivity contribution in [1.82, 2.24) is 15.6 Å². The molecule has 10 heteroatoms. The first-order valence-electron chi connectivity index (χ1n) is 7.54. The van der Waals surface area contributed by atoms with Gasteiger partial charge in [0.05, 0.1) is 12.8 Å². The number of hydrogen-bond donors (Lipinski definition) is 2. The first-order valence-corrected chi connectivity index (χ1v) is 9.81. The number of hydrogen-bond acceptors (Lipinski definition) is 5. The molecule has 0 radical (unpaired) electrons. The molecule has 2 aromatic rings. The maximum absolute atomic E-state index is 12.6. The lowest BCUT2D eigenvalue weighted by atomic mass is 10.3. The van der Waals surface area contributed by atoms with Crippen molar-refractivity contribution in [2.75, 3.05) is 25.1 Å². The number of rotatable bonds is 8. The molecule has 2 aromatic heterocycles. The molecule has 0 aromatic carbocycles. The fraction of sp³-hybridized carbons (Fsp3) is 0.467. The molecule has 0 aliphatic carbocycles. The van der Waals surface area contributed by atoms with E-state index >= 15 is 0 Å². The maximum Gasteiger partial charge on any atom is 0.434 e. The van der Waals surface area contributed by atoms with Gasteiger partial charge < -0.3 is 15.1 Å². The fourth-order valence-corrected chi connectivity index (χ4v) is 2.90. The Bertz CT molecular complexity index is 656. The fourth-order valence-electron chi connectivity index (χ4n) is 1.87. The number of thiazole rings is 1. The van der Waals surface area contributed by atoms with Gasteiger partial charge in [0, 0.05) is 30.6 Å². The van der Waals surface area contributed by atoms with E-state index in [1.54, 1.807) is 18.0 Å². The zero-order valence-electron chi connectivity index (χ0n) is 13.6. The van der Waals surface area contributed by atoms with Crippen LogP contribution in [0.4, 0.5) is 13.2 Å². The Hall–Kier alpha value is -1.68. The van der Waals surface area contributed by atoms with Crippen LogP contribution in [0.25, 0.3) is 0 Å². The molecule has 0 aliphatic rings. The van der Waals surface area contributed by atoms with Crippen molar-refractivity contribution in [2.45, 2.75) is 19.1 Å². The Balaban J connectivity index is 1.90. The van der Waals surface area contributed by atoms with Crippen molar-refractivity contribution in [1.29, 1.82) is 0 Å². The summed E-state index contributed by atoms with van der Waals surface area (Å²) in [6, 6.07) is 3.70. The van der Waals surface area contributed by atoms with Crippen molar-refractivity contribution in [3.8, 4) is 0 Å². The van der Waals surface area contributed by atoms with Crippen molar-refractivity contribution < 1.29 is 17.6 Å². The van der Waals surface area contributed by atoms with Crippen molar-refractivity contribution in [3.05, 3.63) is 40.2 Å². The van der Waals surface area contributed by atoms with Gasteiger partial charge >= 0.3 is 6.18 Å². The number of furan rings is 1. The van der Waals surface area contributed by atoms with Crippen molar-refractivity contribution in [2.24, 2.45) is 4.99 Å². The molecule has 0 spiro atoms. The molecule has 2 N–H and O–H groups in total. The highest BCUT2D eigenvalue weighted by Gasteiger charge is 2.33. The molecule has 2 heterocycles. The summed E-state index contributed by atoms with van der Waals surface area (Å²) in [5, 5.41) is 7.63. The minimum Gasteiger partial charge on any atom is -0.469 e. The topological polar surface area (TPSA) is 62.5 Å². The highest BCUT2D eigenvalue weighted by atomic mass is 32.2. The van der Waals surface area contributed by atoms with Gasteiger partial charge in [-0.3, -0.25) is 0 Å². The van der Waals surface area contributed by atoms with Gasteiger partial charge in [0.25, 0.3) is 0 Å². The van der Waals surface area contributed by atoms with E-state index in [9.17, 15) is 13.2 Å². The smallest absolute Gasteiger partial charge is 0.434 e. The second-order valence-electron chi connectivity index (χ2n) is 4.96. The second-order valence-corrected chi connectivity index (χ2v) is 6.89. The van der Waals surface area contributed by atoms with Gasteiger partial charge in [-0.1, -0.05) is 0 Å². The van der Waals surface area contributed by atoms with Crippen molar-refractivity contribution in [3.63, 3.8) is 0 Å². The molecular formula is C15H19F3N4OS2. The van der Waals surface area contributed by atoms with Crippen LogP contribution in [-0.2, 0) is 19.1 Å². The summed E-state index contributed by atoms with van der Waals surface area (Å²) < 4.78 is 43.0. The Kier molecular flexibility index (Phi) is 7.63. The Labute approximate surface area is 152 Å². The second kappa shape index (κ2) is 9.71. The van der Waals surface area contributed by atoms with Gasteiger partial charge in [-0.15, -0.1) is 11.3 Å². The van der Waals surface area contributed by atoms with E-state index in [-0.39, 0.29) is 6.54 Å². The van der Waals surface area contributed by atoms with Gasteiger partial charge in [-0.25, -0.2) is 9.98 Å². The molecule has 0 saturated carbocycles. The summed E-state index contributed by atoms with van der Waals surface area (Å²) in [6.45, 7) is 1.40. The standard InChI is InChI=1S/C15H19F3N4OS2/c1-24-8-6-20-14(19-5-4-11-3-2-7-23-11)21-9-13-22-12(10-25-13)15(16,17)18/h2-3,7,10H,4-6,8-9H2,1H3,(H2,19,20,21). The summed E-state index contributed by atoms with van der Waals surface area (Å²) in [4.78, 5) is 7.90. The van der Waals surface area contributed by atoms with Crippen LogP contribution in [-0.4, -0.2) is 36.0 Å². The number of halogens is 3. The van der Waals surface area contributed by atoms with Crippen LogP contribution >= 0.6 is 23.1 Å². The Morgan fingerprint density at radius 1 is 1.36 bits per heavy atom. The van der Waals surface area contributed by atoms with Gasteiger partial charge in [-0.05, 0) is 18.4 Å². The quantitative estimate of drug-likeness (QED) is 0.410. The third-order valence-corrected chi connectivity index (χ3v) is 4.50. The van der Waals surface area contributed by atoms with E-state index < -0.39 is 11.9 Å². The van der Waals surface area contributed by atoms with Crippen LogP contribution in [0.5, 0.6) is 0 Å². The predicted molar refractivity (Wildman–Crippen MR) is 95.1 cm³/mol. The summed E-state index contributed by atoms with van der Waals surface area (Å²) in [6.07, 6.45) is -0.121. The van der Waals surface area contributed by atoms with Crippen LogP contribution in [0.2, 0.25) is 0 Å². The first kappa shape index (κ1) is 19.6. The third-order valence-electron chi connectivity index (χ3n) is 3.06. The molecule has 0 fully saturated rings. The molecule has 5 nitrogen and oxygen atoms in total. The molecule has 0 saturated heterocycles. The van der Waals surface area contributed by atoms with E-state index in [0.29, 0.717) is 30.5 Å². The van der Waals surface area contributed by atoms with Crippen LogP contribution in [0, 0.1) is 0 Å². The van der Waals surface area contributed by atoms with E-state index in [0.717, 1.165) is 28.2 Å². The molecule has 138 valence electrons. The molecule has 0 aliphatic heterocycles. The van der Waals surface area contributed by atoms with Crippen molar-refractivity contribution >= 4 is 29.1 Å². The molecule has 0 amide bonds. The van der Waals surface area contributed by atoms with Gasteiger partial charge in [-0.2, -0.15) is 24.9 Å². The number of alkyl halides is 3. The van der Waals surface area contributed by atoms with E-state index in [4.69, 9.17) is 4.42 Å². The van der Waals surface area contributed by atoms with Crippen LogP contribution in [0.15, 0.2) is 33.2 Å². The monoisotopic (exact) mass is 392 g/mol. The number of aliphatic imine (C=N–C) groups is 1. The molecule has 2 rings (SSSR count). The summed E-state index contributed by atoms with van der Waals surface area (Å²) in [5.74, 6) is 2.30. The molecule has 0 unspecified atom stereocenters. The number of nitrogens with one attached hydrogen (secondary N) is 2. The van der Waals surface area contributed by atoms with Gasteiger partial charge in [0.15, 0.2) is 11.7 Å². The number of nitrogens with zero attached hydrogens (tertiary/aromatic N) is 2. The normalized spacial score (nSPS) is 12.4. The highest BCUT2D eigenvalue weighted by molar-refractivity contribution is 7.98. The lowest BCUT2D eigenvalue weighted by Crippen LogP contribution is -2.39. The molecule has 0 atom stereocenters. The summed E-state index contributed by atoms with van der Waals surface area (Å²) in [5.41, 5.74) is -0.870. The molecule has 0 bridgehead atoms. The number of thioether (sulfide) groups is 1. The van der Waals surface area contributed by atoms with Crippen LogP contribution in [0.1, 0.15) is 16.5 Å². The largest absolute Gasteiger partial charge is 0.469 e. The molecule has 25 heavy (non-hydrogen) atoms. The highest BCUT2D eigenvalue weighted by Crippen LogP contribution is 2.30. The van der Waals surface area contributed by atoms with E-state index in [1.807, 2.05) is 18.4 Å². The molecular weight excluding hydrogens is 373 g/mol. The lowest BCUT2D eigenvalue weighted by Gasteiger charge is -2.11. The maximum atomic E-state index is 12.6. The number of aromatic nitrogens is 1. The predicted octanol–water partition coefficient (Wildman–Crippen LogP) is 3.40. The lowest BCUT2D eigenvalue weighted by molar-refractivity contribution is -0.140. The third kappa shape index (κ3) is 6.99. The van der Waals surface area contributed by atoms with Gasteiger partial charge in [0.2, 0.25) is 0 Å². The Morgan fingerprint density at radius 3 is 2.80 bits per heavy atom. The zero-order valence-corrected chi connectivity index (χ0v) is 15.2. The average molecular weight is 392 g/mol. The number of guanidine groups is 1.